The molecule has 3 aromatic rings. The molecule has 0 aliphatic heterocycles. The zero-order valence-electron chi connectivity index (χ0n) is 19.9. The van der Waals surface area contributed by atoms with E-state index in [4.69, 9.17) is 28.3 Å². The Bertz CT molecular complexity index is 1380. The van der Waals surface area contributed by atoms with Crippen molar-refractivity contribution in [3.63, 3.8) is 0 Å². The van der Waals surface area contributed by atoms with Crippen molar-refractivity contribution in [1.82, 2.24) is 9.88 Å². The molecule has 1 heterocycles. The number of carboxylic acids is 1. The molecule has 1 amide bonds. The van der Waals surface area contributed by atoms with Gasteiger partial charge in [-0.25, -0.2) is 0 Å². The Morgan fingerprint density at radius 2 is 1.86 bits per heavy atom. The summed E-state index contributed by atoms with van der Waals surface area (Å²) >= 11 is 13.0. The summed E-state index contributed by atoms with van der Waals surface area (Å²) in [6.45, 7) is 3.87. The van der Waals surface area contributed by atoms with E-state index in [1.165, 1.54) is 6.07 Å². The Balaban J connectivity index is 1.59. The third-order valence-electron chi connectivity index (χ3n) is 7.09. The number of aryl methyl sites for hydroxylation is 2. The second-order valence-electron chi connectivity index (χ2n) is 9.92. The molecule has 36 heavy (non-hydrogen) atoms. The van der Waals surface area contributed by atoms with Gasteiger partial charge in [0, 0.05) is 41.6 Å². The van der Waals surface area contributed by atoms with E-state index in [-0.39, 0.29) is 22.4 Å². The van der Waals surface area contributed by atoms with Gasteiger partial charge in [-0.05, 0) is 66.6 Å². The van der Waals surface area contributed by atoms with E-state index < -0.39 is 29.5 Å². The second-order valence-corrected chi connectivity index (χ2v) is 10.7. The molecule has 10 heteroatoms. The summed E-state index contributed by atoms with van der Waals surface area (Å²) in [4.78, 5) is 24.0. The molecular weight excluding hydrogens is 516 g/mol. The Hall–Kier alpha value is -2.71. The molecule has 192 valence electrons. The fourth-order valence-corrected chi connectivity index (χ4v) is 5.54. The molecule has 0 spiro atoms. The monoisotopic (exact) mass is 540 g/mol. The molecule has 5 nitrogen and oxygen atoms in total. The highest BCUT2D eigenvalue weighted by Gasteiger charge is 2.44. The van der Waals surface area contributed by atoms with Crippen LogP contribution in [-0.2, 0) is 24.4 Å². The van der Waals surface area contributed by atoms with E-state index in [9.17, 15) is 22.8 Å². The van der Waals surface area contributed by atoms with Gasteiger partial charge < -0.3 is 15.0 Å². The lowest BCUT2D eigenvalue weighted by molar-refractivity contribution is -0.149. The normalized spacial score (nSPS) is 19.8. The molecule has 4 rings (SSSR count). The van der Waals surface area contributed by atoms with E-state index in [1.54, 1.807) is 30.7 Å². The van der Waals surface area contributed by atoms with Crippen molar-refractivity contribution in [2.75, 3.05) is 6.54 Å². The maximum absolute atomic E-state index is 13.3. The highest BCUT2D eigenvalue weighted by atomic mass is 35.5. The largest absolute Gasteiger partial charge is 0.481 e. The Labute approximate surface area is 216 Å². The number of alkyl halides is 3. The molecule has 1 aliphatic rings. The summed E-state index contributed by atoms with van der Waals surface area (Å²) < 4.78 is 41.6. The number of carbonyl (C=O) groups excluding carboxylic acids is 1. The van der Waals surface area contributed by atoms with Gasteiger partial charge in [-0.15, -0.1) is 0 Å². The van der Waals surface area contributed by atoms with Crippen molar-refractivity contribution in [2.24, 2.45) is 18.4 Å². The number of hydrogen-bond acceptors (Lipinski definition) is 2. The molecule has 2 N–H and O–H groups in total. The summed E-state index contributed by atoms with van der Waals surface area (Å²) in [5.74, 6) is -1.63. The van der Waals surface area contributed by atoms with E-state index >= 15 is 0 Å². The molecule has 0 bridgehead atoms. The van der Waals surface area contributed by atoms with Gasteiger partial charge in [0.1, 0.15) is 0 Å². The fourth-order valence-electron chi connectivity index (χ4n) is 4.95. The van der Waals surface area contributed by atoms with Crippen LogP contribution in [0.5, 0.6) is 0 Å². The maximum Gasteiger partial charge on any atom is 0.416 e. The Kier molecular flexibility index (Phi) is 6.81. The minimum atomic E-state index is -4.46. The highest BCUT2D eigenvalue weighted by Crippen LogP contribution is 2.45. The first-order valence-electron chi connectivity index (χ1n) is 11.3. The maximum atomic E-state index is 13.3. The number of fused-ring (bicyclic) bond motifs is 1. The first kappa shape index (κ1) is 26.4. The van der Waals surface area contributed by atoms with Gasteiger partial charge in [0.25, 0.3) is 5.91 Å². The predicted octanol–water partition coefficient (Wildman–Crippen LogP) is 6.63. The first-order chi connectivity index (χ1) is 16.7. The van der Waals surface area contributed by atoms with Gasteiger partial charge in [0.15, 0.2) is 0 Å². The third-order valence-corrected chi connectivity index (χ3v) is 7.87. The van der Waals surface area contributed by atoms with Crippen molar-refractivity contribution < 1.29 is 27.9 Å². The Morgan fingerprint density at radius 1 is 1.19 bits per heavy atom. The Morgan fingerprint density at radius 3 is 2.47 bits per heavy atom. The second kappa shape index (κ2) is 9.30. The number of nitrogens with one attached hydrogen (secondary N) is 1. The van der Waals surface area contributed by atoms with Gasteiger partial charge >= 0.3 is 12.1 Å². The molecule has 1 fully saturated rings. The average molecular weight is 541 g/mol. The molecular formula is C26H25Cl2F3N2O3. The third kappa shape index (κ3) is 4.93. The van der Waals surface area contributed by atoms with Gasteiger partial charge in [0.2, 0.25) is 0 Å². The molecule has 0 atom stereocenters. The van der Waals surface area contributed by atoms with E-state index in [1.807, 2.05) is 6.92 Å². The standard InChI is InChI=1S/C26H25Cl2F3N2O3/c1-13-6-15(26(29,30)31)7-21-18(13)8-16(33(21)3)9-19-20(27)5-4-17(22(19)28)23(34)32-12-25(2)10-14(11-25)24(35)36/h4-8,14H,9-12H2,1-3H3,(H,32,34)(H,35,36). The first-order valence-corrected chi connectivity index (χ1v) is 12.1. The van der Waals surface area contributed by atoms with E-state index in [0.29, 0.717) is 52.1 Å². The summed E-state index contributed by atoms with van der Waals surface area (Å²) in [6.07, 6.45) is -3.27. The average Bonchev–Trinajstić information content (AvgIpc) is 3.08. The lowest BCUT2D eigenvalue weighted by Crippen LogP contribution is -2.46. The van der Waals surface area contributed by atoms with Gasteiger partial charge in [-0.3, -0.25) is 9.59 Å². The van der Waals surface area contributed by atoms with Gasteiger partial charge in [0.05, 0.1) is 22.1 Å². The van der Waals surface area contributed by atoms with Crippen LogP contribution in [0.4, 0.5) is 13.2 Å². The number of carbonyl (C=O) groups is 2. The van der Waals surface area contributed by atoms with Gasteiger partial charge in [-0.2, -0.15) is 13.2 Å². The van der Waals surface area contributed by atoms with Crippen LogP contribution < -0.4 is 5.32 Å². The number of aromatic nitrogens is 1. The van der Waals surface area contributed by atoms with Crippen molar-refractivity contribution in [3.8, 4) is 0 Å². The smallest absolute Gasteiger partial charge is 0.416 e. The lowest BCUT2D eigenvalue weighted by Gasteiger charge is -2.43. The van der Waals surface area contributed by atoms with Crippen LogP contribution in [0.25, 0.3) is 10.9 Å². The number of rotatable bonds is 6. The minimum Gasteiger partial charge on any atom is -0.481 e. The minimum absolute atomic E-state index is 0.167. The molecule has 0 radical (unpaired) electrons. The van der Waals surface area contributed by atoms with Crippen LogP contribution >= 0.6 is 23.2 Å². The summed E-state index contributed by atoms with van der Waals surface area (Å²) in [5.41, 5.74) is 1.33. The predicted molar refractivity (Wildman–Crippen MR) is 133 cm³/mol. The van der Waals surface area contributed by atoms with Gasteiger partial charge in [-0.1, -0.05) is 30.1 Å². The highest BCUT2D eigenvalue weighted by molar-refractivity contribution is 6.38. The van der Waals surface area contributed by atoms with E-state index in [2.05, 4.69) is 5.32 Å². The summed E-state index contributed by atoms with van der Waals surface area (Å²) in [6, 6.07) is 7.14. The summed E-state index contributed by atoms with van der Waals surface area (Å²) in [5, 5.41) is 13.1. The van der Waals surface area contributed by atoms with Crippen LogP contribution in [0.1, 0.15) is 52.5 Å². The molecule has 0 unspecified atom stereocenters. The van der Waals surface area contributed by atoms with Crippen LogP contribution in [0.2, 0.25) is 10.0 Å². The quantitative estimate of drug-likeness (QED) is 0.368. The number of halogens is 5. The molecule has 1 aliphatic carbocycles. The van der Waals surface area contributed by atoms with Crippen molar-refractivity contribution in [1.29, 1.82) is 0 Å². The van der Waals surface area contributed by atoms with Crippen LogP contribution in [-0.4, -0.2) is 28.1 Å². The number of nitrogens with zero attached hydrogens (tertiary/aromatic N) is 1. The number of aliphatic carboxylic acids is 1. The zero-order chi connectivity index (χ0) is 26.6. The van der Waals surface area contributed by atoms with Crippen molar-refractivity contribution >= 4 is 46.0 Å². The molecule has 1 saturated carbocycles. The van der Waals surface area contributed by atoms with Crippen molar-refractivity contribution in [3.05, 3.63) is 68.3 Å². The number of benzene rings is 2. The molecule has 1 aromatic heterocycles. The topological polar surface area (TPSA) is 71.3 Å². The number of amides is 1. The lowest BCUT2D eigenvalue weighted by atomic mass is 9.63. The zero-order valence-corrected chi connectivity index (χ0v) is 21.4. The number of hydrogen-bond donors (Lipinski definition) is 2. The van der Waals surface area contributed by atoms with Crippen LogP contribution in [0, 0.1) is 18.3 Å². The van der Waals surface area contributed by atoms with Crippen LogP contribution in [0.3, 0.4) is 0 Å². The summed E-state index contributed by atoms with van der Waals surface area (Å²) in [7, 11) is 1.68. The fraction of sp³-hybridized carbons (Fsp3) is 0.385. The SMILES string of the molecule is Cc1cc(C(F)(F)F)cc2c1cc(Cc1c(Cl)ccc(C(=O)NCC3(C)CC(C(=O)O)C3)c1Cl)n2C. The van der Waals surface area contributed by atoms with Crippen molar-refractivity contribution in [2.45, 2.75) is 39.3 Å². The molecule has 2 aromatic carbocycles. The van der Waals surface area contributed by atoms with E-state index in [0.717, 1.165) is 12.1 Å². The number of carboxylic acid groups (broad SMARTS) is 1. The molecule has 0 saturated heterocycles. The van der Waals surface area contributed by atoms with Crippen LogP contribution in [0.15, 0.2) is 30.3 Å².